The molecule has 0 spiro atoms. The van der Waals surface area contributed by atoms with Crippen LogP contribution in [-0.2, 0) is 0 Å². The lowest BCUT2D eigenvalue weighted by Crippen LogP contribution is -2.34. The van der Waals surface area contributed by atoms with Gasteiger partial charge in [-0.1, -0.05) is 32.6 Å². The number of rotatable bonds is 12. The van der Waals surface area contributed by atoms with Crippen molar-refractivity contribution >= 4 is 9.24 Å². The predicted octanol–water partition coefficient (Wildman–Crippen LogP) is 2.33. The summed E-state index contributed by atoms with van der Waals surface area (Å²) in [5, 5.41) is 27.5. The molecule has 0 rings (SSSR count). The van der Waals surface area contributed by atoms with Gasteiger partial charge in [0, 0.05) is 19.8 Å². The van der Waals surface area contributed by atoms with Gasteiger partial charge in [-0.3, -0.25) is 0 Å². The lowest BCUT2D eigenvalue weighted by molar-refractivity contribution is 0.164. The van der Waals surface area contributed by atoms with Crippen LogP contribution in [0, 0.1) is 5.92 Å². The van der Waals surface area contributed by atoms with Gasteiger partial charge < -0.3 is 15.3 Å². The molecule has 0 aromatic carbocycles. The van der Waals surface area contributed by atoms with Crippen LogP contribution in [0.25, 0.3) is 0 Å². The van der Waals surface area contributed by atoms with Crippen LogP contribution in [0.15, 0.2) is 0 Å². The molecule has 0 aliphatic carbocycles. The Bertz CT molecular complexity index is 182. The van der Waals surface area contributed by atoms with Gasteiger partial charge in [0.1, 0.15) is 0 Å². The van der Waals surface area contributed by atoms with Crippen LogP contribution in [0.2, 0.25) is 0 Å². The van der Waals surface area contributed by atoms with Gasteiger partial charge in [-0.25, -0.2) is 0 Å². The molecular formula is C14H31O3P. The van der Waals surface area contributed by atoms with Crippen molar-refractivity contribution in [1.82, 2.24) is 0 Å². The summed E-state index contributed by atoms with van der Waals surface area (Å²) < 4.78 is 0. The highest BCUT2D eigenvalue weighted by atomic mass is 31.0. The van der Waals surface area contributed by atoms with Gasteiger partial charge in [0.05, 0.1) is 0 Å². The molecule has 0 heterocycles. The minimum atomic E-state index is -0.127. The van der Waals surface area contributed by atoms with Crippen molar-refractivity contribution in [3.05, 3.63) is 0 Å². The highest BCUT2D eigenvalue weighted by Gasteiger charge is 2.32. The van der Waals surface area contributed by atoms with E-state index in [0.29, 0.717) is 18.8 Å². The second-order valence-electron chi connectivity index (χ2n) is 5.24. The maximum atomic E-state index is 9.20. The molecule has 0 aliphatic rings. The fourth-order valence-electron chi connectivity index (χ4n) is 2.64. The summed E-state index contributed by atoms with van der Waals surface area (Å²) in [6.45, 7) is 2.66. The Morgan fingerprint density at radius 1 is 0.889 bits per heavy atom. The fraction of sp³-hybridized carbons (Fsp3) is 1.00. The molecule has 0 saturated carbocycles. The molecular weight excluding hydrogens is 247 g/mol. The number of hydrogen-bond donors (Lipinski definition) is 3. The number of aliphatic hydroxyl groups is 3. The molecule has 3 N–H and O–H groups in total. The predicted molar refractivity (Wildman–Crippen MR) is 79.8 cm³/mol. The van der Waals surface area contributed by atoms with Gasteiger partial charge in [-0.15, -0.1) is 9.24 Å². The molecule has 18 heavy (non-hydrogen) atoms. The smallest absolute Gasteiger partial charge is 0.0439 e. The number of hydrogen-bond acceptors (Lipinski definition) is 3. The third-order valence-corrected chi connectivity index (χ3v) is 4.90. The molecule has 2 unspecified atom stereocenters. The normalized spacial score (nSPS) is 13.8. The van der Waals surface area contributed by atoms with Crippen LogP contribution in [0.4, 0.5) is 0 Å². The maximum Gasteiger partial charge on any atom is 0.0439 e. The second kappa shape index (κ2) is 11.2. The van der Waals surface area contributed by atoms with E-state index in [1.165, 1.54) is 25.7 Å². The van der Waals surface area contributed by atoms with E-state index in [-0.39, 0.29) is 25.0 Å². The van der Waals surface area contributed by atoms with Crippen LogP contribution in [0.1, 0.15) is 58.3 Å². The van der Waals surface area contributed by atoms with E-state index in [9.17, 15) is 15.3 Å². The van der Waals surface area contributed by atoms with Crippen molar-refractivity contribution in [3.63, 3.8) is 0 Å². The van der Waals surface area contributed by atoms with Gasteiger partial charge in [0.2, 0.25) is 0 Å². The second-order valence-corrected chi connectivity index (χ2v) is 6.39. The van der Waals surface area contributed by atoms with Crippen molar-refractivity contribution in [2.24, 2.45) is 5.92 Å². The van der Waals surface area contributed by atoms with Gasteiger partial charge >= 0.3 is 0 Å². The molecule has 0 fully saturated rings. The average Bonchev–Trinajstić information content (AvgIpc) is 2.33. The first-order chi connectivity index (χ1) is 8.64. The molecule has 0 aromatic heterocycles. The zero-order chi connectivity index (χ0) is 13.9. The van der Waals surface area contributed by atoms with Gasteiger partial charge in [0.25, 0.3) is 0 Å². The monoisotopic (exact) mass is 278 g/mol. The van der Waals surface area contributed by atoms with E-state index in [1.807, 2.05) is 0 Å². The first kappa shape index (κ1) is 18.3. The summed E-state index contributed by atoms with van der Waals surface area (Å²) in [6.07, 6.45) is 8.08. The third-order valence-electron chi connectivity index (χ3n) is 3.85. The SMILES string of the molecule is CCCCCCC(CCO)C(P)(CCO)CCO. The molecule has 110 valence electrons. The van der Waals surface area contributed by atoms with E-state index in [2.05, 4.69) is 16.2 Å². The Balaban J connectivity index is 4.38. The number of unbranched alkanes of at least 4 members (excludes halogenated alkanes) is 3. The quantitative estimate of drug-likeness (QED) is 0.379. The molecule has 0 aromatic rings. The largest absolute Gasteiger partial charge is 0.396 e. The first-order valence-electron chi connectivity index (χ1n) is 7.26. The molecule has 2 atom stereocenters. The first-order valence-corrected chi connectivity index (χ1v) is 7.83. The van der Waals surface area contributed by atoms with Gasteiger partial charge in [-0.05, 0) is 36.8 Å². The third kappa shape index (κ3) is 7.04. The minimum Gasteiger partial charge on any atom is -0.396 e. The number of aliphatic hydroxyl groups excluding tert-OH is 3. The van der Waals surface area contributed by atoms with E-state index >= 15 is 0 Å². The van der Waals surface area contributed by atoms with E-state index in [4.69, 9.17) is 0 Å². The average molecular weight is 278 g/mol. The zero-order valence-corrected chi connectivity index (χ0v) is 12.9. The molecule has 4 heteroatoms. The fourth-order valence-corrected chi connectivity index (χ4v) is 3.23. The van der Waals surface area contributed by atoms with Crippen molar-refractivity contribution in [2.45, 2.75) is 63.4 Å². The maximum absolute atomic E-state index is 9.20. The Kier molecular flexibility index (Phi) is 11.4. The minimum absolute atomic E-state index is 0.127. The van der Waals surface area contributed by atoms with Crippen molar-refractivity contribution in [1.29, 1.82) is 0 Å². The molecule has 0 aliphatic heterocycles. The molecule has 3 nitrogen and oxygen atoms in total. The summed E-state index contributed by atoms with van der Waals surface area (Å²) in [5.41, 5.74) is 0. The zero-order valence-electron chi connectivity index (χ0n) is 11.8. The lowest BCUT2D eigenvalue weighted by atomic mass is 9.80. The highest BCUT2D eigenvalue weighted by molar-refractivity contribution is 7.19. The molecule has 0 radical (unpaired) electrons. The van der Waals surface area contributed by atoms with Crippen LogP contribution in [0.5, 0.6) is 0 Å². The van der Waals surface area contributed by atoms with E-state index in [1.54, 1.807) is 0 Å². The lowest BCUT2D eigenvalue weighted by Gasteiger charge is -2.37. The van der Waals surface area contributed by atoms with E-state index < -0.39 is 0 Å². The van der Waals surface area contributed by atoms with Crippen LogP contribution >= 0.6 is 9.24 Å². The summed E-state index contributed by atoms with van der Waals surface area (Å²) in [6, 6.07) is 0. The Labute approximate surface area is 114 Å². The van der Waals surface area contributed by atoms with Gasteiger partial charge in [-0.2, -0.15) is 0 Å². The van der Waals surface area contributed by atoms with Crippen LogP contribution in [0.3, 0.4) is 0 Å². The Hall–Kier alpha value is 0.310. The van der Waals surface area contributed by atoms with Gasteiger partial charge in [0.15, 0.2) is 0 Å². The summed E-state index contributed by atoms with van der Waals surface area (Å²) >= 11 is 0. The summed E-state index contributed by atoms with van der Waals surface area (Å²) in [7, 11) is 2.84. The van der Waals surface area contributed by atoms with Crippen molar-refractivity contribution in [2.75, 3.05) is 19.8 Å². The van der Waals surface area contributed by atoms with E-state index in [0.717, 1.165) is 12.8 Å². The molecule has 0 bridgehead atoms. The van der Waals surface area contributed by atoms with Crippen molar-refractivity contribution < 1.29 is 15.3 Å². The van der Waals surface area contributed by atoms with Crippen LogP contribution < -0.4 is 0 Å². The summed E-state index contributed by atoms with van der Waals surface area (Å²) in [5.74, 6) is 0.364. The Morgan fingerprint density at radius 2 is 1.50 bits per heavy atom. The molecule has 0 amide bonds. The highest BCUT2D eigenvalue weighted by Crippen LogP contribution is 2.40. The van der Waals surface area contributed by atoms with Crippen LogP contribution in [-0.4, -0.2) is 40.3 Å². The van der Waals surface area contributed by atoms with Crippen molar-refractivity contribution in [3.8, 4) is 0 Å². The standard InChI is InChI=1S/C14H31O3P/c1-2-3-4-5-6-13(7-10-15)14(18,8-11-16)9-12-17/h13,15-17H,2-12,18H2,1H3. The Morgan fingerprint density at radius 3 is 1.94 bits per heavy atom. The summed E-state index contributed by atoms with van der Waals surface area (Å²) in [4.78, 5) is 0. The topological polar surface area (TPSA) is 60.7 Å². The molecule has 0 saturated heterocycles.